The van der Waals surface area contributed by atoms with E-state index < -0.39 is 55.3 Å². The van der Waals surface area contributed by atoms with E-state index in [1.807, 2.05) is 0 Å². The van der Waals surface area contributed by atoms with Crippen LogP contribution in [0.1, 0.15) is 97.1 Å². The smallest absolute Gasteiger partial charge is 0.306 e. The van der Waals surface area contributed by atoms with E-state index in [1.54, 1.807) is 0 Å². The summed E-state index contributed by atoms with van der Waals surface area (Å²) in [5, 5.41) is 49.8. The SMILES string of the molecule is CCCCCCCC(=O)OC[C@H](CSC[C@@H](N)C(=O)Nc1cn(C2OC(CO)C(O)C(O)C2O)nn1)OC(=O)CCCCCCC. The molecule has 0 bridgehead atoms. The number of carbonyl (C=O) groups excluding carboxylic acids is 3. The highest BCUT2D eigenvalue weighted by Gasteiger charge is 2.44. The molecular formula is C30H53N5O10S. The number of hydrogen-bond donors (Lipinski definition) is 6. The second kappa shape index (κ2) is 22.3. The van der Waals surface area contributed by atoms with Crippen molar-refractivity contribution in [1.29, 1.82) is 0 Å². The van der Waals surface area contributed by atoms with Gasteiger partial charge < -0.3 is 45.7 Å². The minimum Gasteiger partial charge on any atom is -0.462 e. The molecule has 0 saturated carbocycles. The predicted octanol–water partition coefficient (Wildman–Crippen LogP) is 1.43. The van der Waals surface area contributed by atoms with Crippen molar-refractivity contribution < 1.29 is 49.0 Å². The Bertz CT molecular complexity index is 1030. The molecule has 1 saturated heterocycles. The molecule has 15 nitrogen and oxygen atoms in total. The number of aromatic nitrogens is 3. The van der Waals surface area contributed by atoms with E-state index in [-0.39, 0.29) is 42.3 Å². The standard InChI is InChI=1S/C30H53N5O10S/c1-3-5-7-9-11-13-24(37)43-17-20(44-25(38)14-12-10-8-6-4-2)18-46-19-21(31)29(42)32-23-15-35(34-33-23)30-28(41)27(40)26(39)22(16-36)45-30/h15,20-22,26-28,30,36,39-41H,3-14,16-19,31H2,1-2H3,(H,32,42)/t20-,21-,22?,26?,27?,28?,30?/m1/s1. The lowest BCUT2D eigenvalue weighted by Crippen LogP contribution is -2.56. The van der Waals surface area contributed by atoms with Crippen LogP contribution in [0.5, 0.6) is 0 Å². The van der Waals surface area contributed by atoms with Gasteiger partial charge in [0.2, 0.25) is 5.91 Å². The summed E-state index contributed by atoms with van der Waals surface area (Å²) >= 11 is 1.27. The number of esters is 2. The van der Waals surface area contributed by atoms with E-state index in [0.29, 0.717) is 6.42 Å². The summed E-state index contributed by atoms with van der Waals surface area (Å²) in [5.41, 5.74) is 6.08. The van der Waals surface area contributed by atoms with Gasteiger partial charge in [-0.05, 0) is 12.8 Å². The summed E-state index contributed by atoms with van der Waals surface area (Å²) in [6, 6.07) is -0.983. The number of amides is 1. The summed E-state index contributed by atoms with van der Waals surface area (Å²) in [6.45, 7) is 3.57. The quantitative estimate of drug-likeness (QED) is 0.0712. The van der Waals surface area contributed by atoms with Crippen LogP contribution in [0.25, 0.3) is 0 Å². The number of nitrogens with zero attached hydrogens (tertiary/aromatic N) is 3. The highest BCUT2D eigenvalue weighted by Crippen LogP contribution is 2.28. The molecule has 1 aliphatic rings. The molecule has 16 heteroatoms. The average Bonchev–Trinajstić information content (AvgIpc) is 3.50. The second-order valence-electron chi connectivity index (χ2n) is 11.6. The number of anilines is 1. The fourth-order valence-corrected chi connectivity index (χ4v) is 5.71. The maximum atomic E-state index is 12.7. The fourth-order valence-electron chi connectivity index (χ4n) is 4.74. The third kappa shape index (κ3) is 14.2. The molecule has 1 fully saturated rings. The molecule has 0 aliphatic carbocycles. The first kappa shape index (κ1) is 39.8. The number of nitrogens with one attached hydrogen (secondary N) is 1. The Labute approximate surface area is 274 Å². The van der Waals surface area contributed by atoms with Crippen molar-refractivity contribution in [3.63, 3.8) is 0 Å². The number of unbranched alkanes of at least 4 members (excludes halogenated alkanes) is 8. The van der Waals surface area contributed by atoms with Crippen LogP contribution >= 0.6 is 11.8 Å². The van der Waals surface area contributed by atoms with E-state index in [4.69, 9.17) is 19.9 Å². The summed E-state index contributed by atoms with van der Waals surface area (Å²) in [4.78, 5) is 37.4. The predicted molar refractivity (Wildman–Crippen MR) is 171 cm³/mol. The zero-order valence-corrected chi connectivity index (χ0v) is 27.8. The van der Waals surface area contributed by atoms with Crippen molar-refractivity contribution in [3.8, 4) is 0 Å². The zero-order valence-electron chi connectivity index (χ0n) is 27.0. The van der Waals surface area contributed by atoms with Crippen molar-refractivity contribution in [2.75, 3.05) is 30.0 Å². The molecule has 2 rings (SSSR count). The maximum Gasteiger partial charge on any atom is 0.306 e. The number of carbonyl (C=O) groups is 3. The van der Waals surface area contributed by atoms with Crippen LogP contribution < -0.4 is 11.1 Å². The Hall–Kier alpha value is -2.34. The van der Waals surface area contributed by atoms with Gasteiger partial charge in [-0.1, -0.05) is 70.4 Å². The van der Waals surface area contributed by atoms with Gasteiger partial charge in [0, 0.05) is 24.3 Å². The van der Waals surface area contributed by atoms with Gasteiger partial charge in [0.15, 0.2) is 12.0 Å². The van der Waals surface area contributed by atoms with E-state index in [9.17, 15) is 34.8 Å². The molecule has 7 atom stereocenters. The van der Waals surface area contributed by atoms with Crippen LogP contribution in [0.4, 0.5) is 5.82 Å². The molecule has 0 spiro atoms. The van der Waals surface area contributed by atoms with Crippen LogP contribution in [0.3, 0.4) is 0 Å². The third-order valence-electron chi connectivity index (χ3n) is 7.52. The molecular weight excluding hydrogens is 622 g/mol. The van der Waals surface area contributed by atoms with Crippen LogP contribution in [-0.4, -0.2) is 115 Å². The summed E-state index contributed by atoms with van der Waals surface area (Å²) in [7, 11) is 0. The Kier molecular flexibility index (Phi) is 19.3. The Morgan fingerprint density at radius 2 is 1.59 bits per heavy atom. The van der Waals surface area contributed by atoms with E-state index in [1.165, 1.54) is 18.0 Å². The first-order chi connectivity index (χ1) is 22.1. The largest absolute Gasteiger partial charge is 0.462 e. The number of rotatable bonds is 23. The normalized spacial score (nSPS) is 22.6. The highest BCUT2D eigenvalue weighted by atomic mass is 32.2. The topological polar surface area (TPSA) is 229 Å². The number of hydrogen-bond acceptors (Lipinski definition) is 14. The Morgan fingerprint density at radius 3 is 2.22 bits per heavy atom. The average molecular weight is 676 g/mol. The third-order valence-corrected chi connectivity index (χ3v) is 8.73. The first-order valence-corrected chi connectivity index (χ1v) is 17.5. The van der Waals surface area contributed by atoms with Crippen LogP contribution in [0.2, 0.25) is 0 Å². The summed E-state index contributed by atoms with van der Waals surface area (Å²) in [6.07, 6.45) is 4.01. The van der Waals surface area contributed by atoms with E-state index in [2.05, 4.69) is 29.5 Å². The van der Waals surface area contributed by atoms with Gasteiger partial charge in [-0.2, -0.15) is 11.8 Å². The summed E-state index contributed by atoms with van der Waals surface area (Å²) < 4.78 is 17.5. The number of nitrogens with two attached hydrogens (primary N) is 1. The van der Waals surface area contributed by atoms with E-state index in [0.717, 1.165) is 68.9 Å². The maximum absolute atomic E-state index is 12.7. The first-order valence-electron chi connectivity index (χ1n) is 16.3. The van der Waals surface area contributed by atoms with Gasteiger partial charge in [-0.3, -0.25) is 14.4 Å². The van der Waals surface area contributed by atoms with Crippen molar-refractivity contribution in [1.82, 2.24) is 15.0 Å². The molecule has 5 unspecified atom stereocenters. The van der Waals surface area contributed by atoms with Gasteiger partial charge >= 0.3 is 11.9 Å². The number of aliphatic hydroxyl groups is 4. The highest BCUT2D eigenvalue weighted by molar-refractivity contribution is 7.99. The second-order valence-corrected chi connectivity index (χ2v) is 12.6. The monoisotopic (exact) mass is 675 g/mol. The lowest BCUT2D eigenvalue weighted by atomic mass is 9.98. The minimum atomic E-state index is -1.60. The number of aliphatic hydroxyl groups excluding tert-OH is 4. The molecule has 1 aliphatic heterocycles. The molecule has 7 N–H and O–H groups in total. The van der Waals surface area contributed by atoms with Crippen LogP contribution in [-0.2, 0) is 28.6 Å². The van der Waals surface area contributed by atoms with Crippen molar-refractivity contribution in [2.24, 2.45) is 5.73 Å². The zero-order chi connectivity index (χ0) is 33.9. The van der Waals surface area contributed by atoms with Gasteiger partial charge in [0.1, 0.15) is 37.1 Å². The number of thioether (sulfide) groups is 1. The molecule has 1 aromatic rings. The summed E-state index contributed by atoms with van der Waals surface area (Å²) in [5.74, 6) is -0.863. The van der Waals surface area contributed by atoms with E-state index >= 15 is 0 Å². The molecule has 1 aromatic heterocycles. The molecule has 2 heterocycles. The van der Waals surface area contributed by atoms with Crippen LogP contribution in [0, 0.1) is 0 Å². The van der Waals surface area contributed by atoms with Gasteiger partial charge in [0.25, 0.3) is 0 Å². The molecule has 46 heavy (non-hydrogen) atoms. The molecule has 264 valence electrons. The van der Waals surface area contributed by atoms with Gasteiger partial charge in [-0.25, -0.2) is 4.68 Å². The molecule has 0 radical (unpaired) electrons. The van der Waals surface area contributed by atoms with Gasteiger partial charge in [-0.15, -0.1) is 5.10 Å². The number of ether oxygens (including phenoxy) is 3. The van der Waals surface area contributed by atoms with Crippen molar-refractivity contribution >= 4 is 35.4 Å². The molecule has 0 aromatic carbocycles. The lowest BCUT2D eigenvalue weighted by Gasteiger charge is -2.39. The molecule has 1 amide bonds. The van der Waals surface area contributed by atoms with Crippen molar-refractivity contribution in [2.45, 2.75) is 134 Å². The Balaban J connectivity index is 1.85. The fraction of sp³-hybridized carbons (Fsp3) is 0.833. The minimum absolute atomic E-state index is 0.00485. The van der Waals surface area contributed by atoms with Crippen LogP contribution in [0.15, 0.2) is 6.20 Å². The lowest BCUT2D eigenvalue weighted by molar-refractivity contribution is -0.254. The Morgan fingerprint density at radius 1 is 0.957 bits per heavy atom. The van der Waals surface area contributed by atoms with Crippen molar-refractivity contribution in [3.05, 3.63) is 6.20 Å². The van der Waals surface area contributed by atoms with Gasteiger partial charge in [0.05, 0.1) is 18.8 Å².